The van der Waals surface area contributed by atoms with Gasteiger partial charge in [-0.15, -0.1) is 0 Å². The van der Waals surface area contributed by atoms with Crippen molar-refractivity contribution in [2.45, 2.75) is 72.1 Å². The van der Waals surface area contributed by atoms with Crippen molar-refractivity contribution in [1.82, 2.24) is 0 Å². The molecule has 1 aromatic heterocycles. The van der Waals surface area contributed by atoms with Gasteiger partial charge in [-0.3, -0.25) is 0 Å². The first-order chi connectivity index (χ1) is 13.5. The molecule has 0 saturated heterocycles. The zero-order chi connectivity index (χ0) is 19.8. The first-order valence-electron chi connectivity index (χ1n) is 11.1. The first-order valence-corrected chi connectivity index (χ1v) is 11.1. The highest BCUT2D eigenvalue weighted by molar-refractivity contribution is 5.94. The van der Waals surface area contributed by atoms with Gasteiger partial charge in [-0.25, -0.2) is 0 Å². The van der Waals surface area contributed by atoms with Crippen LogP contribution in [0.25, 0.3) is 22.0 Å². The minimum Gasteiger partial charge on any atom is -0.198 e. The lowest BCUT2D eigenvalue weighted by molar-refractivity contribution is -0.665. The van der Waals surface area contributed by atoms with Crippen LogP contribution in [0.5, 0.6) is 0 Å². The van der Waals surface area contributed by atoms with Gasteiger partial charge in [0, 0.05) is 13.0 Å². The molecule has 0 bridgehead atoms. The monoisotopic (exact) mass is 372 g/mol. The molecule has 0 radical (unpaired) electrons. The Bertz CT molecular complexity index is 1020. The van der Waals surface area contributed by atoms with Crippen molar-refractivity contribution in [3.8, 4) is 11.3 Å². The molecule has 1 heteroatoms. The van der Waals surface area contributed by atoms with Gasteiger partial charge in [-0.1, -0.05) is 44.9 Å². The highest BCUT2D eigenvalue weighted by atomic mass is 14.9. The van der Waals surface area contributed by atoms with E-state index in [-0.39, 0.29) is 0 Å². The summed E-state index contributed by atoms with van der Waals surface area (Å²) in [5.74, 6) is 0.763. The Morgan fingerprint density at radius 1 is 0.929 bits per heavy atom. The van der Waals surface area contributed by atoms with E-state index in [2.05, 4.69) is 75.7 Å². The summed E-state index contributed by atoms with van der Waals surface area (Å²) in [7, 11) is 2.22. The number of hydrogen-bond acceptors (Lipinski definition) is 0. The number of fused-ring (bicyclic) bond motifs is 1. The number of aryl methyl sites for hydroxylation is 3. The SMILES string of the molecule is CCc1cc(CC)c(C)c(-c2c3ccc(C4CCCC4)cc3cc(C)[n+]2C)c1. The fourth-order valence-corrected chi connectivity index (χ4v) is 5.09. The standard InChI is InChI=1S/C27H34N/c1-6-20-15-21(7-2)19(4)26(16-20)27-25-13-12-23(22-10-8-9-11-22)17-24(25)14-18(3)28(27)5/h12-17,22H,6-11H2,1-5H3/q+1. The predicted molar refractivity (Wildman–Crippen MR) is 120 cm³/mol. The van der Waals surface area contributed by atoms with Crippen LogP contribution in [-0.2, 0) is 19.9 Å². The number of benzene rings is 2. The van der Waals surface area contributed by atoms with Crippen LogP contribution in [0.2, 0.25) is 0 Å². The van der Waals surface area contributed by atoms with Gasteiger partial charge in [-0.05, 0) is 78.3 Å². The number of aromatic nitrogens is 1. The third-order valence-corrected chi connectivity index (χ3v) is 7.01. The number of hydrogen-bond donors (Lipinski definition) is 0. The molecule has 0 N–H and O–H groups in total. The van der Waals surface area contributed by atoms with Crippen molar-refractivity contribution < 1.29 is 4.57 Å². The molecule has 28 heavy (non-hydrogen) atoms. The van der Waals surface area contributed by atoms with Crippen molar-refractivity contribution in [3.63, 3.8) is 0 Å². The average Bonchev–Trinajstić information content (AvgIpc) is 3.24. The Kier molecular flexibility index (Phi) is 5.27. The Balaban J connectivity index is 1.97. The zero-order valence-corrected chi connectivity index (χ0v) is 18.2. The van der Waals surface area contributed by atoms with Gasteiger partial charge in [0.1, 0.15) is 7.05 Å². The first kappa shape index (κ1) is 19.2. The molecule has 0 amide bonds. The van der Waals surface area contributed by atoms with E-state index in [0.29, 0.717) is 0 Å². The highest BCUT2D eigenvalue weighted by Gasteiger charge is 2.23. The van der Waals surface area contributed by atoms with Crippen LogP contribution in [0, 0.1) is 13.8 Å². The topological polar surface area (TPSA) is 3.88 Å². The van der Waals surface area contributed by atoms with E-state index < -0.39 is 0 Å². The van der Waals surface area contributed by atoms with Crippen molar-refractivity contribution in [3.05, 3.63) is 64.3 Å². The number of rotatable bonds is 4. The Labute approximate surface area is 170 Å². The predicted octanol–water partition coefficient (Wildman–Crippen LogP) is 6.73. The lowest BCUT2D eigenvalue weighted by atomic mass is 9.90. The average molecular weight is 373 g/mol. The molecular weight excluding hydrogens is 338 g/mol. The smallest absolute Gasteiger partial charge is 0.198 e. The van der Waals surface area contributed by atoms with Crippen LogP contribution in [-0.4, -0.2) is 0 Å². The van der Waals surface area contributed by atoms with E-state index in [4.69, 9.17) is 0 Å². The van der Waals surface area contributed by atoms with E-state index in [9.17, 15) is 0 Å². The number of pyridine rings is 1. The summed E-state index contributed by atoms with van der Waals surface area (Å²) in [6.45, 7) is 9.07. The maximum absolute atomic E-state index is 2.47. The lowest BCUT2D eigenvalue weighted by Crippen LogP contribution is -2.35. The molecular formula is C27H34N+. The minimum absolute atomic E-state index is 0.763. The van der Waals surface area contributed by atoms with Gasteiger partial charge in [0.25, 0.3) is 0 Å². The molecule has 0 spiro atoms. The second-order valence-electron chi connectivity index (χ2n) is 8.66. The van der Waals surface area contributed by atoms with Gasteiger partial charge >= 0.3 is 0 Å². The van der Waals surface area contributed by atoms with Crippen molar-refractivity contribution in [2.75, 3.05) is 0 Å². The normalized spacial score (nSPS) is 14.9. The molecule has 1 aliphatic carbocycles. The maximum Gasteiger partial charge on any atom is 0.220 e. The van der Waals surface area contributed by atoms with Crippen molar-refractivity contribution in [2.24, 2.45) is 7.05 Å². The van der Waals surface area contributed by atoms with Crippen molar-refractivity contribution in [1.29, 1.82) is 0 Å². The van der Waals surface area contributed by atoms with Crippen molar-refractivity contribution >= 4 is 10.8 Å². The van der Waals surface area contributed by atoms with Gasteiger partial charge in [0.05, 0.1) is 10.9 Å². The lowest BCUT2D eigenvalue weighted by Gasteiger charge is -2.16. The third kappa shape index (κ3) is 3.26. The summed E-state index contributed by atoms with van der Waals surface area (Å²) in [5.41, 5.74) is 9.99. The van der Waals surface area contributed by atoms with Crippen LogP contribution in [0.4, 0.5) is 0 Å². The summed E-state index contributed by atoms with van der Waals surface area (Å²) in [4.78, 5) is 0. The maximum atomic E-state index is 2.47. The van der Waals surface area contributed by atoms with E-state index >= 15 is 0 Å². The molecule has 0 atom stereocenters. The molecule has 1 nitrogen and oxygen atoms in total. The molecule has 146 valence electrons. The molecule has 0 unspecified atom stereocenters. The van der Waals surface area contributed by atoms with Gasteiger partial charge < -0.3 is 0 Å². The Morgan fingerprint density at radius 2 is 1.68 bits per heavy atom. The highest BCUT2D eigenvalue weighted by Crippen LogP contribution is 2.37. The second-order valence-corrected chi connectivity index (χ2v) is 8.66. The van der Waals surface area contributed by atoms with Gasteiger partial charge in [0.15, 0.2) is 5.69 Å². The van der Waals surface area contributed by atoms with E-state index in [1.807, 2.05) is 0 Å². The summed E-state index contributed by atoms with van der Waals surface area (Å²) < 4.78 is 2.39. The minimum atomic E-state index is 0.763. The molecule has 1 saturated carbocycles. The summed E-state index contributed by atoms with van der Waals surface area (Å²) in [5, 5.41) is 2.78. The van der Waals surface area contributed by atoms with Crippen LogP contribution in [0.1, 0.15) is 73.4 Å². The number of nitrogens with zero attached hydrogens (tertiary/aromatic N) is 1. The molecule has 3 aromatic rings. The molecule has 4 rings (SSSR count). The molecule has 0 aliphatic heterocycles. The van der Waals surface area contributed by atoms with Crippen LogP contribution in [0.3, 0.4) is 0 Å². The molecule has 1 fully saturated rings. The molecule has 2 aromatic carbocycles. The van der Waals surface area contributed by atoms with Gasteiger partial charge in [0.2, 0.25) is 5.69 Å². The van der Waals surface area contributed by atoms with Crippen LogP contribution >= 0.6 is 0 Å². The fourth-order valence-electron chi connectivity index (χ4n) is 5.09. The van der Waals surface area contributed by atoms with Gasteiger partial charge in [-0.2, -0.15) is 4.57 Å². The quantitative estimate of drug-likeness (QED) is 0.447. The van der Waals surface area contributed by atoms with E-state index in [1.165, 1.54) is 75.7 Å². The Morgan fingerprint density at radius 3 is 2.36 bits per heavy atom. The van der Waals surface area contributed by atoms with Crippen LogP contribution in [0.15, 0.2) is 36.4 Å². The second kappa shape index (κ2) is 7.70. The molecule has 1 aliphatic rings. The van der Waals surface area contributed by atoms with E-state index in [1.54, 1.807) is 0 Å². The largest absolute Gasteiger partial charge is 0.220 e. The summed E-state index contributed by atoms with van der Waals surface area (Å²) in [6, 6.07) is 14.5. The van der Waals surface area contributed by atoms with E-state index in [0.717, 1.165) is 18.8 Å². The van der Waals surface area contributed by atoms with Crippen LogP contribution < -0.4 is 4.57 Å². The fraction of sp³-hybridized carbons (Fsp3) is 0.444. The molecule has 1 heterocycles. The summed E-state index contributed by atoms with van der Waals surface area (Å²) in [6.07, 6.45) is 7.66. The zero-order valence-electron chi connectivity index (χ0n) is 18.2. The summed E-state index contributed by atoms with van der Waals surface area (Å²) >= 11 is 0. The third-order valence-electron chi connectivity index (χ3n) is 7.01. The Hall–Kier alpha value is -2.15.